The Morgan fingerprint density at radius 3 is 2.56 bits per heavy atom. The molecule has 6 heteroatoms. The number of esters is 1. The predicted molar refractivity (Wildman–Crippen MR) is 158 cm³/mol. The quantitative estimate of drug-likeness (QED) is 0.202. The van der Waals surface area contributed by atoms with Crippen molar-refractivity contribution in [2.45, 2.75) is 92.3 Å². The topological polar surface area (TPSA) is 89.9 Å². The maximum absolute atomic E-state index is 13.9. The van der Waals surface area contributed by atoms with Gasteiger partial charge in [0.15, 0.2) is 11.6 Å². The van der Waals surface area contributed by atoms with Crippen LogP contribution >= 0.6 is 0 Å². The molecule has 1 N–H and O–H groups in total. The van der Waals surface area contributed by atoms with E-state index in [1.54, 1.807) is 6.08 Å². The number of ketones is 2. The van der Waals surface area contributed by atoms with Gasteiger partial charge in [-0.25, -0.2) is 0 Å². The standard InChI is InChI=1S/C35H50O6/c1-9-16-40-18-20(2)21(3)30(38)31(39)23(5)29-27(41-24(6)36)17-33(8)28-11-10-25-22(4)26(37)12-13-34(25)19-35(28,34)15-14-32(29,33)7/h9,12-13,20,22-23,25,27-30,38H,1,3,10-11,14-19H2,2,4-8H3/t20-,22-,23-,25?,27-,28?,29-,30?,32+,33-,34+,35-/m0/s1. The fourth-order valence-corrected chi connectivity index (χ4v) is 10.9. The Hall–Kier alpha value is -2.05. The average Bonchev–Trinajstić information content (AvgIpc) is 3.53. The van der Waals surface area contributed by atoms with Gasteiger partial charge in [-0.1, -0.05) is 53.3 Å². The van der Waals surface area contributed by atoms with Crippen molar-refractivity contribution in [2.24, 2.45) is 57.2 Å². The summed E-state index contributed by atoms with van der Waals surface area (Å²) in [5, 5.41) is 11.2. The third kappa shape index (κ3) is 4.21. The minimum absolute atomic E-state index is 0.0726. The summed E-state index contributed by atoms with van der Waals surface area (Å²) in [5.74, 6) is -0.312. The van der Waals surface area contributed by atoms with Crippen LogP contribution in [0, 0.1) is 57.2 Å². The summed E-state index contributed by atoms with van der Waals surface area (Å²) >= 11 is 0. The molecule has 226 valence electrons. The first-order valence-corrected chi connectivity index (χ1v) is 15.7. The zero-order chi connectivity index (χ0) is 30.1. The van der Waals surface area contributed by atoms with Gasteiger partial charge in [-0.05, 0) is 83.7 Å². The van der Waals surface area contributed by atoms with Crippen molar-refractivity contribution in [3.63, 3.8) is 0 Å². The Labute approximate surface area is 246 Å². The van der Waals surface area contributed by atoms with Gasteiger partial charge in [-0.2, -0.15) is 0 Å². The van der Waals surface area contributed by atoms with Gasteiger partial charge in [0, 0.05) is 30.6 Å². The normalized spacial score (nSPS) is 44.4. The molecule has 0 radical (unpaired) electrons. The summed E-state index contributed by atoms with van der Waals surface area (Å²) in [5.41, 5.74) is 0.351. The van der Waals surface area contributed by atoms with Crippen LogP contribution in [-0.4, -0.2) is 48.1 Å². The van der Waals surface area contributed by atoms with Gasteiger partial charge in [-0.3, -0.25) is 14.4 Å². The summed E-state index contributed by atoms with van der Waals surface area (Å²) in [7, 11) is 0. The lowest BCUT2D eigenvalue weighted by atomic mass is 9.43. The lowest BCUT2D eigenvalue weighted by Crippen LogP contribution is -2.55. The summed E-state index contributed by atoms with van der Waals surface area (Å²) in [6.07, 6.45) is 10.1. The fraction of sp³-hybridized carbons (Fsp3) is 0.743. The molecule has 0 heterocycles. The van der Waals surface area contributed by atoms with E-state index in [0.29, 0.717) is 30.6 Å². The molecular weight excluding hydrogens is 516 g/mol. The number of allylic oxidation sites excluding steroid dienone is 2. The second-order valence-corrected chi connectivity index (χ2v) is 14.7. The van der Waals surface area contributed by atoms with E-state index in [2.05, 4.69) is 40.0 Å². The lowest BCUT2D eigenvalue weighted by Gasteiger charge is -2.60. The zero-order valence-corrected chi connectivity index (χ0v) is 25.9. The van der Waals surface area contributed by atoms with E-state index >= 15 is 0 Å². The van der Waals surface area contributed by atoms with Crippen LogP contribution in [0.3, 0.4) is 0 Å². The van der Waals surface area contributed by atoms with Gasteiger partial charge in [0.2, 0.25) is 0 Å². The highest BCUT2D eigenvalue weighted by molar-refractivity contribution is 5.93. The molecule has 5 rings (SSSR count). The zero-order valence-electron chi connectivity index (χ0n) is 25.9. The second kappa shape index (κ2) is 10.3. The van der Waals surface area contributed by atoms with Crippen LogP contribution in [0.5, 0.6) is 0 Å². The molecule has 0 aromatic rings. The predicted octanol–water partition coefficient (Wildman–Crippen LogP) is 5.88. The molecule has 3 unspecified atom stereocenters. The van der Waals surface area contributed by atoms with E-state index in [1.807, 2.05) is 19.9 Å². The van der Waals surface area contributed by atoms with Gasteiger partial charge in [0.1, 0.15) is 12.2 Å². The van der Waals surface area contributed by atoms with Gasteiger partial charge in [0.05, 0.1) is 13.2 Å². The number of hydrogen-bond acceptors (Lipinski definition) is 6. The number of rotatable bonds is 10. The van der Waals surface area contributed by atoms with Crippen LogP contribution in [0.2, 0.25) is 0 Å². The molecule has 41 heavy (non-hydrogen) atoms. The molecule has 6 nitrogen and oxygen atoms in total. The van der Waals surface area contributed by atoms with Crippen molar-refractivity contribution >= 4 is 17.5 Å². The lowest BCUT2D eigenvalue weighted by molar-refractivity contribution is -0.155. The number of aliphatic hydroxyl groups is 1. The fourth-order valence-electron chi connectivity index (χ4n) is 10.9. The van der Waals surface area contributed by atoms with E-state index in [4.69, 9.17) is 9.47 Å². The van der Waals surface area contributed by atoms with Crippen LogP contribution in [0.15, 0.2) is 37.0 Å². The molecule has 5 aliphatic rings. The van der Waals surface area contributed by atoms with E-state index in [-0.39, 0.29) is 63.1 Å². The molecule has 0 aliphatic heterocycles. The summed E-state index contributed by atoms with van der Waals surface area (Å²) in [4.78, 5) is 38.9. The van der Waals surface area contributed by atoms with Crippen LogP contribution in [-0.2, 0) is 23.9 Å². The third-order valence-electron chi connectivity index (χ3n) is 13.2. The van der Waals surface area contributed by atoms with Crippen molar-refractivity contribution in [3.8, 4) is 0 Å². The molecule has 0 bridgehead atoms. The molecule has 12 atom stereocenters. The Morgan fingerprint density at radius 2 is 1.90 bits per heavy atom. The molecule has 4 saturated carbocycles. The van der Waals surface area contributed by atoms with Crippen molar-refractivity contribution in [1.82, 2.24) is 0 Å². The smallest absolute Gasteiger partial charge is 0.302 e. The second-order valence-electron chi connectivity index (χ2n) is 14.7. The Morgan fingerprint density at radius 1 is 1.20 bits per heavy atom. The molecule has 0 aromatic heterocycles. The van der Waals surface area contributed by atoms with Gasteiger partial charge >= 0.3 is 5.97 Å². The van der Waals surface area contributed by atoms with Crippen molar-refractivity contribution in [2.75, 3.05) is 13.2 Å². The van der Waals surface area contributed by atoms with Crippen LogP contribution in [0.25, 0.3) is 0 Å². The Bertz CT molecular complexity index is 1170. The number of fused-ring (bicyclic) bond motifs is 2. The van der Waals surface area contributed by atoms with Crippen molar-refractivity contribution < 1.29 is 29.0 Å². The van der Waals surface area contributed by atoms with Crippen molar-refractivity contribution in [3.05, 3.63) is 37.0 Å². The van der Waals surface area contributed by atoms with E-state index in [9.17, 15) is 19.5 Å². The monoisotopic (exact) mass is 566 g/mol. The van der Waals surface area contributed by atoms with Crippen LogP contribution in [0.4, 0.5) is 0 Å². The highest BCUT2D eigenvalue weighted by atomic mass is 16.5. The number of carbonyl (C=O) groups excluding carboxylic acids is 3. The highest BCUT2D eigenvalue weighted by Gasteiger charge is 2.81. The van der Waals surface area contributed by atoms with E-state index in [0.717, 1.165) is 38.5 Å². The SMILES string of the molecule is C=CCOC[C@H](C)C(=C)C(O)C(=O)[C@@H](C)[C@H]1[C@@H](OC(C)=O)C[C@@]2(C)C3CCC4[C@H](C)C(=O)C=C[C@@]45C[C@@]35CC[C@]12C. The molecule has 0 amide bonds. The minimum Gasteiger partial charge on any atom is -0.462 e. The molecule has 0 aromatic carbocycles. The summed E-state index contributed by atoms with van der Waals surface area (Å²) < 4.78 is 11.6. The highest BCUT2D eigenvalue weighted by Crippen LogP contribution is 2.87. The first-order chi connectivity index (χ1) is 19.2. The van der Waals surface area contributed by atoms with Crippen LogP contribution < -0.4 is 0 Å². The third-order valence-corrected chi connectivity index (χ3v) is 13.2. The first-order valence-electron chi connectivity index (χ1n) is 15.7. The number of Topliss-reactive ketones (excluding diaryl/α,β-unsaturated/α-hetero) is 1. The summed E-state index contributed by atoms with van der Waals surface area (Å²) in [6, 6.07) is 0. The number of aliphatic hydroxyl groups excluding tert-OH is 1. The average molecular weight is 567 g/mol. The number of ether oxygens (including phenoxy) is 2. The van der Waals surface area contributed by atoms with Gasteiger partial charge in [0.25, 0.3) is 0 Å². The van der Waals surface area contributed by atoms with E-state index < -0.39 is 12.0 Å². The molecule has 4 fully saturated rings. The Balaban J connectivity index is 1.44. The van der Waals surface area contributed by atoms with E-state index in [1.165, 1.54) is 6.92 Å². The van der Waals surface area contributed by atoms with Gasteiger partial charge in [-0.15, -0.1) is 6.58 Å². The molecule has 0 saturated heterocycles. The van der Waals surface area contributed by atoms with Crippen molar-refractivity contribution in [1.29, 1.82) is 0 Å². The van der Waals surface area contributed by atoms with Crippen LogP contribution in [0.1, 0.15) is 80.1 Å². The number of hydrogen-bond donors (Lipinski definition) is 1. The minimum atomic E-state index is -1.30. The molecule has 5 aliphatic carbocycles. The largest absolute Gasteiger partial charge is 0.462 e. The first kappa shape index (κ1) is 30.4. The molecule has 2 spiro atoms. The van der Waals surface area contributed by atoms with Gasteiger partial charge < -0.3 is 14.6 Å². The summed E-state index contributed by atoms with van der Waals surface area (Å²) in [6.45, 7) is 20.5. The maximum atomic E-state index is 13.9. The Kier molecular flexibility index (Phi) is 7.63. The maximum Gasteiger partial charge on any atom is 0.302 e. The number of carbonyl (C=O) groups is 3. The molecular formula is C35H50O6.